The van der Waals surface area contributed by atoms with Crippen LogP contribution in [0.15, 0.2) is 51.8 Å². The van der Waals surface area contributed by atoms with Crippen LogP contribution in [-0.2, 0) is 14.8 Å². The molecule has 156 valence electrons. The summed E-state index contributed by atoms with van der Waals surface area (Å²) in [5.41, 5.74) is 0.746. The predicted octanol–water partition coefficient (Wildman–Crippen LogP) is 4.14. The minimum absolute atomic E-state index is 0.0978. The van der Waals surface area contributed by atoms with E-state index in [1.165, 1.54) is 0 Å². The Balaban J connectivity index is 1.34. The highest BCUT2D eigenvalue weighted by Gasteiger charge is 2.59. The minimum Gasteiger partial charge on any atom is -0.481 e. The van der Waals surface area contributed by atoms with E-state index < -0.39 is 21.4 Å². The highest BCUT2D eigenvalue weighted by Crippen LogP contribution is 2.60. The molecule has 4 aliphatic rings. The van der Waals surface area contributed by atoms with Gasteiger partial charge in [0.1, 0.15) is 11.2 Å². The van der Waals surface area contributed by atoms with Gasteiger partial charge >= 0.3 is 5.97 Å². The number of benzene rings is 2. The monoisotopic (exact) mass is 425 g/mol. The van der Waals surface area contributed by atoms with Crippen molar-refractivity contribution < 1.29 is 22.7 Å². The van der Waals surface area contributed by atoms with Gasteiger partial charge in [-0.15, -0.1) is 0 Å². The number of nitrogens with one attached hydrogen (secondary N) is 1. The number of hydrogen-bond donors (Lipinski definition) is 2. The van der Waals surface area contributed by atoms with Crippen LogP contribution in [0.3, 0.4) is 0 Å². The topological polar surface area (TPSA) is 96.6 Å². The Kier molecular flexibility index (Phi) is 3.73. The third kappa shape index (κ3) is 2.58. The molecule has 1 aromatic heterocycles. The molecule has 6 nitrogen and oxygen atoms in total. The average Bonchev–Trinajstić information content (AvgIpc) is 3.08. The summed E-state index contributed by atoms with van der Waals surface area (Å²) in [5.74, 6) is -0.102. The summed E-state index contributed by atoms with van der Waals surface area (Å²) in [6.45, 7) is 0. The maximum atomic E-state index is 13.3. The highest BCUT2D eigenvalue weighted by atomic mass is 32.2. The van der Waals surface area contributed by atoms with Crippen molar-refractivity contribution in [3.63, 3.8) is 0 Å². The Bertz CT molecular complexity index is 1280. The Morgan fingerprint density at radius 3 is 2.43 bits per heavy atom. The quantitative estimate of drug-likeness (QED) is 0.655. The van der Waals surface area contributed by atoms with E-state index in [2.05, 4.69) is 4.72 Å². The van der Waals surface area contributed by atoms with Crippen molar-refractivity contribution in [1.82, 2.24) is 4.72 Å². The Morgan fingerprint density at radius 1 is 1.00 bits per heavy atom. The lowest BCUT2D eigenvalue weighted by Gasteiger charge is -2.58. The number of hydrogen-bond acceptors (Lipinski definition) is 4. The number of carbonyl (C=O) groups is 1. The van der Waals surface area contributed by atoms with Crippen LogP contribution >= 0.6 is 0 Å². The Morgan fingerprint density at radius 2 is 1.70 bits per heavy atom. The van der Waals surface area contributed by atoms with Gasteiger partial charge in [-0.2, -0.15) is 0 Å². The van der Waals surface area contributed by atoms with E-state index in [0.717, 1.165) is 35.6 Å². The lowest BCUT2D eigenvalue weighted by atomic mass is 9.48. The standard InChI is InChI=1S/C23H23NO5S/c25-22(26)23-10-13-7-14(11-23)21(15(8-13)12-23)24-30(27,28)16-5-6-20-18(9-16)17-3-1-2-4-19(17)29-20/h1-6,9,13-15,21,24H,7-8,10-12H2,(H,25,26). The van der Waals surface area contributed by atoms with Crippen LogP contribution in [0.4, 0.5) is 0 Å². The van der Waals surface area contributed by atoms with Crippen LogP contribution in [0, 0.1) is 23.2 Å². The van der Waals surface area contributed by atoms with Crippen LogP contribution in [-0.4, -0.2) is 25.5 Å². The fourth-order valence-corrected chi connectivity index (χ4v) is 8.00. The van der Waals surface area contributed by atoms with Gasteiger partial charge in [0.05, 0.1) is 10.3 Å². The minimum atomic E-state index is -3.72. The van der Waals surface area contributed by atoms with E-state index in [0.29, 0.717) is 24.3 Å². The molecular weight excluding hydrogens is 402 g/mol. The van der Waals surface area contributed by atoms with Gasteiger partial charge in [-0.05, 0) is 74.1 Å². The van der Waals surface area contributed by atoms with Crippen LogP contribution in [0.2, 0.25) is 0 Å². The number of para-hydroxylation sites is 1. The number of carboxylic acid groups (broad SMARTS) is 1. The molecule has 0 aliphatic heterocycles. The van der Waals surface area contributed by atoms with Gasteiger partial charge in [0.15, 0.2) is 0 Å². The Hall–Kier alpha value is -2.38. The van der Waals surface area contributed by atoms with E-state index in [9.17, 15) is 18.3 Å². The maximum Gasteiger partial charge on any atom is 0.309 e. The van der Waals surface area contributed by atoms with Gasteiger partial charge in [0, 0.05) is 16.8 Å². The smallest absolute Gasteiger partial charge is 0.309 e. The van der Waals surface area contributed by atoms with Gasteiger partial charge in [-0.25, -0.2) is 13.1 Å². The number of furan rings is 1. The molecule has 7 heteroatoms. The van der Waals surface area contributed by atoms with E-state index in [4.69, 9.17) is 4.42 Å². The zero-order valence-electron chi connectivity index (χ0n) is 16.4. The zero-order chi connectivity index (χ0) is 20.7. The number of aliphatic carboxylic acids is 1. The summed E-state index contributed by atoms with van der Waals surface area (Å²) < 4.78 is 35.3. The van der Waals surface area contributed by atoms with Crippen molar-refractivity contribution in [2.24, 2.45) is 23.2 Å². The van der Waals surface area contributed by atoms with Crippen molar-refractivity contribution >= 4 is 37.9 Å². The fourth-order valence-electron chi connectivity index (χ4n) is 6.60. The second kappa shape index (κ2) is 6.08. The van der Waals surface area contributed by atoms with Crippen molar-refractivity contribution in [2.45, 2.75) is 43.0 Å². The molecule has 4 aliphatic carbocycles. The summed E-state index contributed by atoms with van der Waals surface area (Å²) >= 11 is 0. The second-order valence-electron chi connectivity index (χ2n) is 9.46. The SMILES string of the molecule is O=C(O)C12CC3CC(C1)C(NS(=O)(=O)c1ccc4oc5ccccc5c4c1)C(C3)C2. The number of sulfonamides is 1. The van der Waals surface area contributed by atoms with E-state index in [1.807, 2.05) is 24.3 Å². The van der Waals surface area contributed by atoms with Crippen LogP contribution in [0.25, 0.3) is 21.9 Å². The molecule has 0 amide bonds. The largest absolute Gasteiger partial charge is 0.481 e. The first kappa shape index (κ1) is 18.4. The molecule has 7 rings (SSSR count). The molecule has 3 aromatic rings. The third-order valence-corrected chi connectivity index (χ3v) is 9.13. The Labute approximate surface area is 174 Å². The first-order valence-electron chi connectivity index (χ1n) is 10.5. The van der Waals surface area contributed by atoms with E-state index >= 15 is 0 Å². The van der Waals surface area contributed by atoms with Crippen LogP contribution in [0.1, 0.15) is 32.1 Å². The molecule has 0 spiro atoms. The van der Waals surface area contributed by atoms with Gasteiger partial charge in [0.2, 0.25) is 10.0 Å². The molecule has 2 atom stereocenters. The predicted molar refractivity (Wildman–Crippen MR) is 111 cm³/mol. The summed E-state index contributed by atoms with van der Waals surface area (Å²) in [6.07, 6.45) is 3.75. The van der Waals surface area contributed by atoms with Crippen LogP contribution < -0.4 is 4.72 Å². The summed E-state index contributed by atoms with van der Waals surface area (Å²) in [5, 5.41) is 11.5. The normalized spacial score (nSPS) is 32.8. The molecule has 0 radical (unpaired) electrons. The molecule has 4 fully saturated rings. The van der Waals surface area contributed by atoms with Crippen molar-refractivity contribution in [2.75, 3.05) is 0 Å². The molecular formula is C23H23NO5S. The fraction of sp³-hybridized carbons (Fsp3) is 0.435. The second-order valence-corrected chi connectivity index (χ2v) is 11.2. The zero-order valence-corrected chi connectivity index (χ0v) is 17.2. The molecule has 0 saturated heterocycles. The summed E-state index contributed by atoms with van der Waals surface area (Å²) in [4.78, 5) is 12.2. The number of fused-ring (bicyclic) bond motifs is 3. The molecule has 2 N–H and O–H groups in total. The van der Waals surface area contributed by atoms with Gasteiger partial charge in [-0.3, -0.25) is 4.79 Å². The van der Waals surface area contributed by atoms with Crippen molar-refractivity contribution in [3.8, 4) is 0 Å². The first-order valence-corrected chi connectivity index (χ1v) is 12.0. The summed E-state index contributed by atoms with van der Waals surface area (Å²) in [6, 6.07) is 12.4. The molecule has 4 bridgehead atoms. The number of rotatable bonds is 4. The highest BCUT2D eigenvalue weighted by molar-refractivity contribution is 7.89. The van der Waals surface area contributed by atoms with Crippen molar-refractivity contribution in [3.05, 3.63) is 42.5 Å². The van der Waals surface area contributed by atoms with Gasteiger partial charge in [0.25, 0.3) is 0 Å². The van der Waals surface area contributed by atoms with Gasteiger partial charge in [-0.1, -0.05) is 18.2 Å². The molecule has 2 unspecified atom stereocenters. The van der Waals surface area contributed by atoms with E-state index in [1.54, 1.807) is 18.2 Å². The molecule has 1 heterocycles. The first-order chi connectivity index (χ1) is 14.3. The maximum absolute atomic E-state index is 13.3. The molecule has 2 aromatic carbocycles. The lowest BCUT2D eigenvalue weighted by molar-refractivity contribution is -0.166. The van der Waals surface area contributed by atoms with Gasteiger partial charge < -0.3 is 9.52 Å². The summed E-state index contributed by atoms with van der Waals surface area (Å²) in [7, 11) is -3.72. The molecule has 4 saturated carbocycles. The van der Waals surface area contributed by atoms with Crippen molar-refractivity contribution in [1.29, 1.82) is 0 Å². The molecule has 30 heavy (non-hydrogen) atoms. The van der Waals surface area contributed by atoms with E-state index in [-0.39, 0.29) is 22.8 Å². The third-order valence-electron chi connectivity index (χ3n) is 7.68. The average molecular weight is 426 g/mol. The lowest BCUT2D eigenvalue weighted by Crippen LogP contribution is -2.60. The van der Waals surface area contributed by atoms with Crippen LogP contribution in [0.5, 0.6) is 0 Å². The number of carboxylic acids is 1.